The number of hydrogen-bond donors (Lipinski definition) is 2. The third kappa shape index (κ3) is 16.8. The van der Waals surface area contributed by atoms with Crippen molar-refractivity contribution in [3.8, 4) is 0 Å². The average molecular weight is 199 g/mol. The van der Waals surface area contributed by atoms with E-state index < -0.39 is 5.97 Å². The summed E-state index contributed by atoms with van der Waals surface area (Å²) < 4.78 is 0. The fourth-order valence-corrected chi connectivity index (χ4v) is 0.421. The van der Waals surface area contributed by atoms with E-state index in [-0.39, 0.29) is 11.4 Å². The molecule has 0 aromatic heterocycles. The lowest BCUT2D eigenvalue weighted by Gasteiger charge is -2.18. The minimum absolute atomic E-state index is 0.123. The van der Waals surface area contributed by atoms with E-state index in [4.69, 9.17) is 5.11 Å². The number of carbonyl (C=O) groups is 2. The van der Waals surface area contributed by atoms with Gasteiger partial charge in [-0.25, -0.2) is 4.79 Å². The van der Waals surface area contributed by atoms with Crippen LogP contribution >= 0.6 is 0 Å². The second-order valence-electron chi connectivity index (χ2n) is 3.49. The number of carboxylic acid groups (broad SMARTS) is 1. The van der Waals surface area contributed by atoms with Crippen LogP contribution in [-0.2, 0) is 9.59 Å². The van der Waals surface area contributed by atoms with E-state index >= 15 is 0 Å². The highest BCUT2D eigenvalue weighted by molar-refractivity contribution is 5.87. The Kier molecular flexibility index (Phi) is 7.34. The van der Waals surface area contributed by atoms with Crippen LogP contribution in [0.2, 0.25) is 0 Å². The molecule has 0 radical (unpaired) electrons. The van der Waals surface area contributed by atoms with Gasteiger partial charge in [-0.05, 0) is 26.8 Å². The van der Waals surface area contributed by atoms with Gasteiger partial charge in [0, 0.05) is 11.6 Å². The first-order chi connectivity index (χ1) is 6.22. The van der Waals surface area contributed by atoms with E-state index in [1.807, 2.05) is 20.8 Å². The second-order valence-corrected chi connectivity index (χ2v) is 3.49. The molecule has 0 aromatic carbocycles. The molecule has 0 saturated carbocycles. The highest BCUT2D eigenvalue weighted by Crippen LogP contribution is 1.97. The molecule has 0 aromatic rings. The molecular formula is C10H17NO3. The molecule has 14 heavy (non-hydrogen) atoms. The molecule has 0 heterocycles. The SMILES string of the molecule is C=CC(=O)NC(C)(C)C.C=CC(=O)O. The third-order valence-corrected chi connectivity index (χ3v) is 0.858. The van der Waals surface area contributed by atoms with Gasteiger partial charge in [-0.15, -0.1) is 0 Å². The molecule has 0 aliphatic carbocycles. The number of carbonyl (C=O) groups excluding carboxylic acids is 1. The molecule has 0 bridgehead atoms. The van der Waals surface area contributed by atoms with Gasteiger partial charge in [0.15, 0.2) is 0 Å². The lowest BCUT2D eigenvalue weighted by molar-refractivity contribution is -0.131. The van der Waals surface area contributed by atoms with Crippen molar-refractivity contribution >= 4 is 11.9 Å². The first-order valence-electron chi connectivity index (χ1n) is 4.03. The van der Waals surface area contributed by atoms with Gasteiger partial charge in [0.05, 0.1) is 0 Å². The van der Waals surface area contributed by atoms with Crippen LogP contribution in [0.4, 0.5) is 0 Å². The number of carboxylic acids is 1. The largest absolute Gasteiger partial charge is 0.478 e. The summed E-state index contributed by atoms with van der Waals surface area (Å²) in [4.78, 5) is 19.8. The summed E-state index contributed by atoms with van der Waals surface area (Å²) in [5, 5.41) is 10.3. The summed E-state index contributed by atoms with van der Waals surface area (Å²) in [6, 6.07) is 0. The van der Waals surface area contributed by atoms with Crippen molar-refractivity contribution in [1.82, 2.24) is 5.32 Å². The van der Waals surface area contributed by atoms with Crippen molar-refractivity contribution in [1.29, 1.82) is 0 Å². The van der Waals surface area contributed by atoms with Crippen molar-refractivity contribution < 1.29 is 14.7 Å². The molecule has 0 saturated heterocycles. The number of nitrogens with one attached hydrogen (secondary N) is 1. The topological polar surface area (TPSA) is 66.4 Å². The molecule has 0 unspecified atom stereocenters. The molecule has 0 aliphatic rings. The van der Waals surface area contributed by atoms with Crippen LogP contribution in [0, 0.1) is 0 Å². The molecule has 0 spiro atoms. The highest BCUT2D eigenvalue weighted by Gasteiger charge is 2.10. The van der Waals surface area contributed by atoms with Crippen molar-refractivity contribution in [3.05, 3.63) is 25.3 Å². The van der Waals surface area contributed by atoms with Gasteiger partial charge < -0.3 is 10.4 Å². The van der Waals surface area contributed by atoms with E-state index in [0.29, 0.717) is 0 Å². The molecule has 2 N–H and O–H groups in total. The highest BCUT2D eigenvalue weighted by atomic mass is 16.4. The summed E-state index contributed by atoms with van der Waals surface area (Å²) in [5.41, 5.74) is -0.148. The van der Waals surface area contributed by atoms with E-state index in [9.17, 15) is 9.59 Å². The Bertz CT molecular complexity index is 226. The molecule has 4 heteroatoms. The zero-order valence-corrected chi connectivity index (χ0v) is 8.83. The fraction of sp³-hybridized carbons (Fsp3) is 0.400. The average Bonchev–Trinajstić information content (AvgIpc) is 2.02. The Morgan fingerprint density at radius 3 is 1.64 bits per heavy atom. The zero-order chi connectivity index (χ0) is 11.8. The number of rotatable bonds is 2. The number of hydrogen-bond acceptors (Lipinski definition) is 2. The monoisotopic (exact) mass is 199 g/mol. The molecule has 80 valence electrons. The van der Waals surface area contributed by atoms with Crippen LogP contribution in [0.5, 0.6) is 0 Å². The summed E-state index contributed by atoms with van der Waals surface area (Å²) in [6.45, 7) is 12.1. The van der Waals surface area contributed by atoms with Gasteiger partial charge >= 0.3 is 5.97 Å². The van der Waals surface area contributed by atoms with Gasteiger partial charge in [0.1, 0.15) is 0 Å². The molecule has 4 nitrogen and oxygen atoms in total. The minimum atomic E-state index is -0.981. The van der Waals surface area contributed by atoms with Gasteiger partial charge in [-0.3, -0.25) is 4.79 Å². The summed E-state index contributed by atoms with van der Waals surface area (Å²) in [7, 11) is 0. The quantitative estimate of drug-likeness (QED) is 0.659. The molecule has 0 atom stereocenters. The maximum absolute atomic E-state index is 10.6. The lowest BCUT2D eigenvalue weighted by Crippen LogP contribution is -2.39. The Morgan fingerprint density at radius 1 is 1.21 bits per heavy atom. The predicted molar refractivity (Wildman–Crippen MR) is 55.9 cm³/mol. The Morgan fingerprint density at radius 2 is 1.57 bits per heavy atom. The van der Waals surface area contributed by atoms with Crippen molar-refractivity contribution in [2.75, 3.05) is 0 Å². The molecule has 1 amide bonds. The fourth-order valence-electron chi connectivity index (χ4n) is 0.421. The predicted octanol–water partition coefficient (Wildman–Crippen LogP) is 1.34. The second kappa shape index (κ2) is 6.88. The van der Waals surface area contributed by atoms with Gasteiger partial charge in [-0.1, -0.05) is 13.2 Å². The molecule has 0 aliphatic heterocycles. The molecule has 0 rings (SSSR count). The third-order valence-electron chi connectivity index (χ3n) is 0.858. The normalized spacial score (nSPS) is 9.07. The molecule has 0 fully saturated rings. The maximum Gasteiger partial charge on any atom is 0.327 e. The van der Waals surface area contributed by atoms with Crippen LogP contribution in [0.3, 0.4) is 0 Å². The number of amides is 1. The van der Waals surface area contributed by atoms with Gasteiger partial charge in [-0.2, -0.15) is 0 Å². The van der Waals surface area contributed by atoms with E-state index in [1.54, 1.807) is 0 Å². The Balaban J connectivity index is 0. The van der Waals surface area contributed by atoms with E-state index in [1.165, 1.54) is 6.08 Å². The Hall–Kier alpha value is -1.58. The van der Waals surface area contributed by atoms with E-state index in [2.05, 4.69) is 18.5 Å². The van der Waals surface area contributed by atoms with E-state index in [0.717, 1.165) is 6.08 Å². The van der Waals surface area contributed by atoms with Crippen molar-refractivity contribution in [3.63, 3.8) is 0 Å². The van der Waals surface area contributed by atoms with Crippen LogP contribution < -0.4 is 5.32 Å². The minimum Gasteiger partial charge on any atom is -0.478 e. The van der Waals surface area contributed by atoms with Gasteiger partial charge in [0.2, 0.25) is 5.91 Å². The maximum atomic E-state index is 10.6. The van der Waals surface area contributed by atoms with Crippen LogP contribution in [0.15, 0.2) is 25.3 Å². The first kappa shape index (κ1) is 14.9. The van der Waals surface area contributed by atoms with Gasteiger partial charge in [0.25, 0.3) is 0 Å². The van der Waals surface area contributed by atoms with Crippen molar-refractivity contribution in [2.45, 2.75) is 26.3 Å². The van der Waals surface area contributed by atoms with Crippen molar-refractivity contribution in [2.24, 2.45) is 0 Å². The van der Waals surface area contributed by atoms with Crippen LogP contribution in [0.25, 0.3) is 0 Å². The summed E-state index contributed by atoms with van der Waals surface area (Å²) in [6.07, 6.45) is 2.10. The van der Waals surface area contributed by atoms with Crippen LogP contribution in [0.1, 0.15) is 20.8 Å². The molecular weight excluding hydrogens is 182 g/mol. The first-order valence-corrected chi connectivity index (χ1v) is 4.03. The Labute approximate surface area is 84.3 Å². The standard InChI is InChI=1S/C7H13NO.C3H4O2/c1-5-6(9)8-7(2,3)4;1-2-3(4)5/h5H,1H2,2-4H3,(H,8,9);2H,1H2,(H,4,5). The van der Waals surface area contributed by atoms with Crippen LogP contribution in [-0.4, -0.2) is 22.5 Å². The zero-order valence-electron chi connectivity index (χ0n) is 8.83. The lowest BCUT2D eigenvalue weighted by atomic mass is 10.1. The summed E-state index contributed by atoms with van der Waals surface area (Å²) >= 11 is 0. The smallest absolute Gasteiger partial charge is 0.327 e. The number of aliphatic carboxylic acids is 1. The summed E-state index contributed by atoms with van der Waals surface area (Å²) in [5.74, 6) is -1.10.